The first-order chi connectivity index (χ1) is 9.97. The molecule has 0 aliphatic carbocycles. The second kappa shape index (κ2) is 6.47. The molecular formula is C15H18F2N4. The molecule has 4 nitrogen and oxygen atoms in total. The molecule has 112 valence electrons. The number of nitrogens with one attached hydrogen (secondary N) is 2. The lowest BCUT2D eigenvalue weighted by Gasteiger charge is -2.14. The van der Waals surface area contributed by atoms with Gasteiger partial charge in [-0.3, -0.25) is 0 Å². The molecule has 1 aromatic heterocycles. The van der Waals surface area contributed by atoms with E-state index in [1.165, 1.54) is 12.1 Å². The molecule has 2 aromatic rings. The molecule has 0 aliphatic heterocycles. The van der Waals surface area contributed by atoms with Crippen LogP contribution < -0.4 is 10.6 Å². The Morgan fingerprint density at radius 1 is 1.19 bits per heavy atom. The second-order valence-electron chi connectivity index (χ2n) is 4.92. The largest absolute Gasteiger partial charge is 0.367 e. The molecule has 6 heteroatoms. The van der Waals surface area contributed by atoms with Gasteiger partial charge in [-0.05, 0) is 32.4 Å². The fourth-order valence-corrected chi connectivity index (χ4v) is 1.76. The smallest absolute Gasteiger partial charge is 0.229 e. The van der Waals surface area contributed by atoms with Crippen LogP contribution in [0.25, 0.3) is 0 Å². The maximum atomic E-state index is 13.6. The van der Waals surface area contributed by atoms with Gasteiger partial charge in [0, 0.05) is 23.9 Å². The predicted octanol–water partition coefficient (Wildman–Crippen LogP) is 4.02. The molecule has 1 atom stereocenters. The van der Waals surface area contributed by atoms with Gasteiger partial charge in [0.25, 0.3) is 0 Å². The van der Waals surface area contributed by atoms with E-state index in [-0.39, 0.29) is 17.7 Å². The van der Waals surface area contributed by atoms with Crippen molar-refractivity contribution in [3.63, 3.8) is 0 Å². The summed E-state index contributed by atoms with van der Waals surface area (Å²) in [5.41, 5.74) is 0.886. The van der Waals surface area contributed by atoms with Crippen LogP contribution in [0.15, 0.2) is 24.3 Å². The normalized spacial score (nSPS) is 12.0. The first kappa shape index (κ1) is 15.2. The van der Waals surface area contributed by atoms with Gasteiger partial charge < -0.3 is 10.6 Å². The van der Waals surface area contributed by atoms with E-state index in [0.29, 0.717) is 5.82 Å². The molecule has 1 aromatic carbocycles. The molecule has 0 bridgehead atoms. The van der Waals surface area contributed by atoms with Crippen LogP contribution in [0.3, 0.4) is 0 Å². The van der Waals surface area contributed by atoms with Gasteiger partial charge in [0.05, 0.1) is 5.69 Å². The van der Waals surface area contributed by atoms with Gasteiger partial charge >= 0.3 is 0 Å². The molecule has 0 fully saturated rings. The average molecular weight is 292 g/mol. The number of benzene rings is 1. The molecular weight excluding hydrogens is 274 g/mol. The van der Waals surface area contributed by atoms with Gasteiger partial charge in [-0.25, -0.2) is 13.8 Å². The van der Waals surface area contributed by atoms with Crippen LogP contribution in [0.4, 0.5) is 26.2 Å². The Morgan fingerprint density at radius 3 is 2.62 bits per heavy atom. The highest BCUT2D eigenvalue weighted by Crippen LogP contribution is 2.20. The maximum absolute atomic E-state index is 13.6. The molecule has 0 aliphatic rings. The Hall–Kier alpha value is -2.24. The van der Waals surface area contributed by atoms with Crippen molar-refractivity contribution in [3.05, 3.63) is 41.6 Å². The highest BCUT2D eigenvalue weighted by molar-refractivity contribution is 5.56. The first-order valence-electron chi connectivity index (χ1n) is 6.82. The van der Waals surface area contributed by atoms with E-state index in [1.807, 2.05) is 19.9 Å². The monoisotopic (exact) mass is 292 g/mol. The van der Waals surface area contributed by atoms with E-state index in [4.69, 9.17) is 0 Å². The Labute approximate surface area is 122 Å². The Bertz CT molecular complexity index is 631. The van der Waals surface area contributed by atoms with Crippen LogP contribution in [-0.2, 0) is 0 Å². The average Bonchev–Trinajstić information content (AvgIpc) is 2.41. The summed E-state index contributed by atoms with van der Waals surface area (Å²) in [6.45, 7) is 5.94. The first-order valence-corrected chi connectivity index (χ1v) is 6.82. The number of aryl methyl sites for hydroxylation is 1. The number of hydrogen-bond acceptors (Lipinski definition) is 4. The lowest BCUT2D eigenvalue weighted by atomic mass is 10.2. The van der Waals surface area contributed by atoms with Gasteiger partial charge in [-0.2, -0.15) is 4.98 Å². The van der Waals surface area contributed by atoms with Crippen molar-refractivity contribution < 1.29 is 8.78 Å². The molecule has 0 spiro atoms. The van der Waals surface area contributed by atoms with E-state index in [1.54, 1.807) is 0 Å². The molecule has 1 heterocycles. The molecule has 21 heavy (non-hydrogen) atoms. The zero-order valence-electron chi connectivity index (χ0n) is 12.2. The van der Waals surface area contributed by atoms with Crippen LogP contribution in [0.1, 0.15) is 26.0 Å². The summed E-state index contributed by atoms with van der Waals surface area (Å²) in [7, 11) is 0. The fraction of sp³-hybridized carbons (Fsp3) is 0.333. The number of hydrogen-bond donors (Lipinski definition) is 2. The third-order valence-corrected chi connectivity index (χ3v) is 3.04. The van der Waals surface area contributed by atoms with Gasteiger partial charge in [0.2, 0.25) is 5.95 Å². The lowest BCUT2D eigenvalue weighted by Crippen LogP contribution is -2.15. The minimum absolute atomic E-state index is 0.136. The lowest BCUT2D eigenvalue weighted by molar-refractivity contribution is 0.586. The minimum Gasteiger partial charge on any atom is -0.367 e. The van der Waals surface area contributed by atoms with Crippen molar-refractivity contribution in [3.8, 4) is 0 Å². The SMILES string of the molecule is CCC(C)Nc1cc(C)nc(Nc2ccc(F)cc2F)n1. The fourth-order valence-electron chi connectivity index (χ4n) is 1.76. The van der Waals surface area contributed by atoms with Crippen molar-refractivity contribution in [2.45, 2.75) is 33.2 Å². The van der Waals surface area contributed by atoms with Gasteiger partial charge in [-0.15, -0.1) is 0 Å². The molecule has 0 saturated carbocycles. The summed E-state index contributed by atoms with van der Waals surface area (Å²) in [5.74, 6) is -0.368. The summed E-state index contributed by atoms with van der Waals surface area (Å²) in [6, 6.07) is 5.40. The highest BCUT2D eigenvalue weighted by atomic mass is 19.1. The maximum Gasteiger partial charge on any atom is 0.229 e. The van der Waals surface area contributed by atoms with E-state index < -0.39 is 11.6 Å². The molecule has 0 radical (unpaired) electrons. The van der Waals surface area contributed by atoms with E-state index >= 15 is 0 Å². The predicted molar refractivity (Wildman–Crippen MR) is 79.8 cm³/mol. The molecule has 1 unspecified atom stereocenters. The van der Waals surface area contributed by atoms with Crippen LogP contribution >= 0.6 is 0 Å². The quantitative estimate of drug-likeness (QED) is 0.874. The van der Waals surface area contributed by atoms with Gasteiger partial charge in [0.15, 0.2) is 0 Å². The third kappa shape index (κ3) is 4.11. The number of nitrogens with zero attached hydrogens (tertiary/aromatic N) is 2. The van der Waals surface area contributed by atoms with E-state index in [9.17, 15) is 8.78 Å². The van der Waals surface area contributed by atoms with Crippen molar-refractivity contribution in [2.24, 2.45) is 0 Å². The van der Waals surface area contributed by atoms with Crippen LogP contribution in [0.2, 0.25) is 0 Å². The van der Waals surface area contributed by atoms with Crippen molar-refractivity contribution in [1.82, 2.24) is 9.97 Å². The number of rotatable bonds is 5. The second-order valence-corrected chi connectivity index (χ2v) is 4.92. The Morgan fingerprint density at radius 2 is 1.95 bits per heavy atom. The summed E-state index contributed by atoms with van der Waals surface area (Å²) in [5, 5.41) is 6.01. The highest BCUT2D eigenvalue weighted by Gasteiger charge is 2.08. The minimum atomic E-state index is -0.684. The standard InChI is InChI=1S/C15H18F2N4/c1-4-9(2)18-14-7-10(3)19-15(21-14)20-13-6-5-11(16)8-12(13)17/h5-9H,4H2,1-3H3,(H2,18,19,20,21). The number of aromatic nitrogens is 2. The Kier molecular flexibility index (Phi) is 4.67. The van der Waals surface area contributed by atoms with Crippen LogP contribution in [0.5, 0.6) is 0 Å². The zero-order valence-corrected chi connectivity index (χ0v) is 12.2. The van der Waals surface area contributed by atoms with Crippen molar-refractivity contribution in [2.75, 3.05) is 10.6 Å². The third-order valence-electron chi connectivity index (χ3n) is 3.04. The molecule has 0 saturated heterocycles. The molecule has 0 amide bonds. The number of anilines is 3. The number of halogens is 2. The zero-order chi connectivity index (χ0) is 15.4. The topological polar surface area (TPSA) is 49.8 Å². The van der Waals surface area contributed by atoms with Gasteiger partial charge in [-0.1, -0.05) is 6.92 Å². The summed E-state index contributed by atoms with van der Waals surface area (Å²) < 4.78 is 26.5. The van der Waals surface area contributed by atoms with Gasteiger partial charge in [0.1, 0.15) is 17.5 Å². The summed E-state index contributed by atoms with van der Waals surface area (Å²) in [4.78, 5) is 8.49. The van der Waals surface area contributed by atoms with Crippen molar-refractivity contribution >= 4 is 17.5 Å². The van der Waals surface area contributed by atoms with Crippen molar-refractivity contribution in [1.29, 1.82) is 0 Å². The molecule has 2 rings (SSSR count). The summed E-state index contributed by atoms with van der Waals surface area (Å²) in [6.07, 6.45) is 0.957. The van der Waals surface area contributed by atoms with E-state index in [2.05, 4.69) is 27.5 Å². The van der Waals surface area contributed by atoms with Crippen LogP contribution in [0, 0.1) is 18.6 Å². The van der Waals surface area contributed by atoms with Crippen LogP contribution in [-0.4, -0.2) is 16.0 Å². The van der Waals surface area contributed by atoms with E-state index in [0.717, 1.165) is 18.2 Å². The molecule has 2 N–H and O–H groups in total. The summed E-state index contributed by atoms with van der Waals surface area (Å²) >= 11 is 0. The Balaban J connectivity index is 2.23.